The van der Waals surface area contributed by atoms with Crippen LogP contribution in [0.25, 0.3) is 0 Å². The van der Waals surface area contributed by atoms with E-state index in [1.165, 1.54) is 0 Å². The molecule has 19 nitrogen and oxygen atoms in total. The van der Waals surface area contributed by atoms with E-state index < -0.39 is 54.1 Å². The molecule has 0 aliphatic heterocycles. The van der Waals surface area contributed by atoms with Crippen molar-refractivity contribution in [2.24, 2.45) is 4.99 Å². The third kappa shape index (κ3) is 19.7. The molecule has 72 heavy (non-hydrogen) atoms. The molecule has 1 saturated carbocycles. The average molecular weight is 1000 g/mol. The van der Waals surface area contributed by atoms with Gasteiger partial charge in [-0.05, 0) is 47.9 Å². The lowest BCUT2D eigenvalue weighted by atomic mass is 9.95. The smallest absolute Gasteiger partial charge is 0.414 e. The Kier molecular flexibility index (Phi) is 21.5. The number of hydrogen-bond donors (Lipinski definition) is 6. The molecular weight excluding hydrogens is 945 g/mol. The lowest BCUT2D eigenvalue weighted by Gasteiger charge is -2.25. The molecule has 6 N–H and O–H groups in total. The van der Waals surface area contributed by atoms with E-state index in [4.69, 9.17) is 18.9 Å². The van der Waals surface area contributed by atoms with Crippen LogP contribution in [-0.2, 0) is 71.0 Å². The van der Waals surface area contributed by atoms with Crippen LogP contribution >= 0.6 is 11.3 Å². The van der Waals surface area contributed by atoms with E-state index in [-0.39, 0.29) is 81.5 Å². The Morgan fingerprint density at radius 2 is 1.10 bits per heavy atom. The van der Waals surface area contributed by atoms with Gasteiger partial charge in [-0.15, -0.1) is 11.3 Å². The molecular formula is C52H58N8O11S. The summed E-state index contributed by atoms with van der Waals surface area (Å²) < 4.78 is 21.5. The van der Waals surface area contributed by atoms with Crippen LogP contribution in [0.3, 0.4) is 0 Å². The number of carbonyl (C=O) groups is 7. The molecule has 2 atom stereocenters. The zero-order valence-corrected chi connectivity index (χ0v) is 40.4. The van der Waals surface area contributed by atoms with Crippen molar-refractivity contribution in [3.05, 3.63) is 155 Å². The predicted octanol–water partition coefficient (Wildman–Crippen LogP) is 6.98. The van der Waals surface area contributed by atoms with Crippen molar-refractivity contribution in [2.75, 3.05) is 11.9 Å². The monoisotopic (exact) mass is 1000 g/mol. The fraction of sp³-hybridized carbons (Fsp3) is 0.327. The van der Waals surface area contributed by atoms with Crippen molar-refractivity contribution in [1.82, 2.24) is 31.6 Å². The maximum atomic E-state index is 13.8. The van der Waals surface area contributed by atoms with Gasteiger partial charge in [0.05, 0.1) is 18.5 Å². The van der Waals surface area contributed by atoms with Crippen LogP contribution in [-0.4, -0.2) is 77.6 Å². The molecule has 0 saturated heterocycles. The van der Waals surface area contributed by atoms with Gasteiger partial charge >= 0.3 is 24.2 Å². The number of nitrogens with zero attached hydrogens (tertiary/aromatic N) is 2. The Balaban J connectivity index is 1.07. The van der Waals surface area contributed by atoms with Crippen LogP contribution in [0.5, 0.6) is 0 Å². The molecule has 4 aromatic carbocycles. The van der Waals surface area contributed by atoms with Gasteiger partial charge < -0.3 is 40.2 Å². The van der Waals surface area contributed by atoms with Gasteiger partial charge in [0.15, 0.2) is 5.13 Å². The normalized spacial score (nSPS) is 12.9. The summed E-state index contributed by atoms with van der Waals surface area (Å²) in [5.74, 6) is -2.68. The molecule has 1 aliphatic carbocycles. The Morgan fingerprint density at radius 3 is 1.62 bits per heavy atom. The largest absolute Gasteiger partial charge is 0.461 e. The second-order valence-corrected chi connectivity index (χ2v) is 17.5. The number of thiazole rings is 1. The van der Waals surface area contributed by atoms with E-state index in [1.807, 2.05) is 36.4 Å². The van der Waals surface area contributed by atoms with Gasteiger partial charge in [-0.1, -0.05) is 141 Å². The first kappa shape index (κ1) is 53.2. The van der Waals surface area contributed by atoms with Crippen molar-refractivity contribution in [1.29, 1.82) is 0 Å². The summed E-state index contributed by atoms with van der Waals surface area (Å²) in [7, 11) is 0. The van der Waals surface area contributed by atoms with Gasteiger partial charge in [0, 0.05) is 18.0 Å². The van der Waals surface area contributed by atoms with Gasteiger partial charge in [-0.25, -0.2) is 19.4 Å². The highest BCUT2D eigenvalue weighted by Crippen LogP contribution is 2.19. The number of ether oxygens (including phenoxy) is 4. The number of esters is 1. The first-order chi connectivity index (χ1) is 35.0. The van der Waals surface area contributed by atoms with E-state index in [9.17, 15) is 33.6 Å². The maximum Gasteiger partial charge on any atom is 0.414 e. The Labute approximate surface area is 420 Å². The van der Waals surface area contributed by atoms with Crippen molar-refractivity contribution in [2.45, 2.75) is 102 Å². The van der Waals surface area contributed by atoms with Gasteiger partial charge in [0.2, 0.25) is 23.7 Å². The Hall–Kier alpha value is -8.13. The molecule has 378 valence electrons. The molecule has 0 radical (unpaired) electrons. The zero-order chi connectivity index (χ0) is 50.8. The van der Waals surface area contributed by atoms with Gasteiger partial charge in [0.25, 0.3) is 0 Å². The van der Waals surface area contributed by atoms with Crippen LogP contribution < -0.4 is 31.9 Å². The number of nitrogens with one attached hydrogen (secondary N) is 6. The minimum Gasteiger partial charge on any atom is -0.461 e. The van der Waals surface area contributed by atoms with E-state index in [1.54, 1.807) is 90.3 Å². The molecule has 6 amide bonds. The molecule has 1 fully saturated rings. The lowest BCUT2D eigenvalue weighted by Crippen LogP contribution is -2.51. The molecule has 20 heteroatoms. The number of amides is 6. The first-order valence-electron chi connectivity index (χ1n) is 23.6. The maximum absolute atomic E-state index is 13.8. The zero-order valence-electron chi connectivity index (χ0n) is 39.5. The van der Waals surface area contributed by atoms with Gasteiger partial charge in [-0.2, -0.15) is 0 Å². The number of alkyl carbamates (subject to hydrolysis) is 3. The SMILES string of the molecule is O=C(Cc1csc(NC(=O)[C@H](CCCN=C(NC(=O)OCc2ccccc2)NC(=O)OCc2ccccc2)NC(=O)OCc2ccccc2)n1)N[C@@H](CC(=O)OCc1ccccc1)C(=O)NC1CCCCC1. The number of hydrogen-bond acceptors (Lipinski definition) is 14. The molecule has 1 aromatic heterocycles. The van der Waals surface area contributed by atoms with Crippen LogP contribution in [0.15, 0.2) is 132 Å². The third-order valence-corrected chi connectivity index (χ3v) is 11.8. The summed E-state index contributed by atoms with van der Waals surface area (Å²) in [6, 6.07) is 33.5. The van der Waals surface area contributed by atoms with Crippen molar-refractivity contribution in [3.63, 3.8) is 0 Å². The molecule has 0 spiro atoms. The minimum absolute atomic E-state index is 0.00130. The first-order valence-corrected chi connectivity index (χ1v) is 24.4. The fourth-order valence-corrected chi connectivity index (χ4v) is 7.97. The molecule has 0 unspecified atom stereocenters. The number of anilines is 1. The van der Waals surface area contributed by atoms with Gasteiger partial charge in [0.1, 0.15) is 38.5 Å². The molecule has 0 bridgehead atoms. The Bertz CT molecular complexity index is 2500. The number of rotatable bonds is 22. The van der Waals surface area contributed by atoms with Crippen molar-refractivity contribution < 1.29 is 52.5 Å². The summed E-state index contributed by atoms with van der Waals surface area (Å²) in [5.41, 5.74) is 3.22. The second kappa shape index (κ2) is 29.1. The number of guanidine groups is 1. The Morgan fingerprint density at radius 1 is 0.597 bits per heavy atom. The molecule has 6 rings (SSSR count). The number of aromatic nitrogens is 1. The third-order valence-electron chi connectivity index (χ3n) is 10.9. The van der Waals surface area contributed by atoms with Crippen LogP contribution in [0, 0.1) is 0 Å². The minimum atomic E-state index is -1.21. The van der Waals surface area contributed by atoms with Crippen LogP contribution in [0.2, 0.25) is 0 Å². The van der Waals surface area contributed by atoms with Gasteiger partial charge in [-0.3, -0.25) is 34.8 Å². The quantitative estimate of drug-likeness (QED) is 0.0135. The summed E-state index contributed by atoms with van der Waals surface area (Å²) >= 11 is 1.03. The summed E-state index contributed by atoms with van der Waals surface area (Å²) in [6.07, 6.45) is 1.39. The molecule has 1 aliphatic rings. The van der Waals surface area contributed by atoms with Crippen LogP contribution in [0.1, 0.15) is 79.3 Å². The van der Waals surface area contributed by atoms with E-state index in [0.29, 0.717) is 0 Å². The average Bonchev–Trinajstić information content (AvgIpc) is 3.84. The van der Waals surface area contributed by atoms with E-state index in [0.717, 1.165) is 65.7 Å². The molecule has 5 aromatic rings. The number of benzene rings is 4. The van der Waals surface area contributed by atoms with Crippen LogP contribution in [0.4, 0.5) is 19.5 Å². The van der Waals surface area contributed by atoms with E-state index >= 15 is 0 Å². The highest BCUT2D eigenvalue weighted by atomic mass is 32.1. The summed E-state index contributed by atoms with van der Waals surface area (Å²) in [5, 5.41) is 17.5. The number of aliphatic imine (C=N–C) groups is 1. The summed E-state index contributed by atoms with van der Waals surface area (Å²) in [6.45, 7) is -0.221. The highest BCUT2D eigenvalue weighted by molar-refractivity contribution is 7.14. The fourth-order valence-electron chi connectivity index (χ4n) is 7.25. The number of carbonyl (C=O) groups excluding carboxylic acids is 7. The summed E-state index contributed by atoms with van der Waals surface area (Å²) in [4.78, 5) is 101. The van der Waals surface area contributed by atoms with E-state index in [2.05, 4.69) is 41.9 Å². The highest BCUT2D eigenvalue weighted by Gasteiger charge is 2.28. The predicted molar refractivity (Wildman–Crippen MR) is 267 cm³/mol. The standard InChI is InChI=1S/C52H58N8O11S/c61-44(56-43(47(64)54-40-25-14-5-15-26-40)30-45(62)68-31-36-17-6-1-7-18-36)29-41-35-72-49(55-41)58-46(63)42(57-50(65)69-32-37-19-8-2-9-20-37)27-16-28-53-48(59-51(66)70-33-38-21-10-3-11-22-38)60-52(67)71-34-39-23-12-4-13-24-39/h1-4,6-13,17-24,35,40,42-43H,5,14-16,25-34H2,(H,54,64)(H,56,61)(H,57,65)(H,55,58,63)(H2,53,59,60,66,67)/t42-,43-/m0/s1. The van der Waals surface area contributed by atoms with Crippen molar-refractivity contribution in [3.8, 4) is 0 Å². The second-order valence-electron chi connectivity index (χ2n) is 16.6. The topological polar surface area (TPSA) is 254 Å². The lowest BCUT2D eigenvalue weighted by molar-refractivity contribution is -0.147. The molecule has 1 heterocycles. The van der Waals surface area contributed by atoms with Crippen molar-refractivity contribution >= 4 is 64.4 Å².